The van der Waals surface area contributed by atoms with Gasteiger partial charge in [-0.15, -0.1) is 0 Å². The van der Waals surface area contributed by atoms with Crippen molar-refractivity contribution in [2.45, 2.75) is 144 Å². The van der Waals surface area contributed by atoms with E-state index in [0.29, 0.717) is 0 Å². The number of allylic oxidation sites excluding steroid dienone is 2. The lowest BCUT2D eigenvalue weighted by Gasteiger charge is -2.45. The SMILES string of the molecule is CC(C)=CCc1c(O[C@@H]2O[C@H](CO)[C@@H](O)[C@H](O)[C@H]2O[C@@H]2O[C@H](CO)[C@@H](O)[C@H](O)[C@H]2O)cc(O)c2c(=O)c(O[C@@H]3O[C@@H](C)[C@H](O)[C@@H](O)[C@H]3O[C@@H]3OC[C@@H](O)[C@H](O)[C@H]3O)c(-c3ccccc3)oc12. The van der Waals surface area contributed by atoms with Crippen LogP contribution in [0.1, 0.15) is 26.3 Å². The van der Waals surface area contributed by atoms with Gasteiger partial charge in [0.25, 0.3) is 0 Å². The Morgan fingerprint density at radius 1 is 0.697 bits per heavy atom. The number of aromatic hydroxyl groups is 1. The van der Waals surface area contributed by atoms with Crippen molar-refractivity contribution in [1.82, 2.24) is 0 Å². The third-order valence-corrected chi connectivity index (χ3v) is 11.9. The van der Waals surface area contributed by atoms with Gasteiger partial charge >= 0.3 is 0 Å². The van der Waals surface area contributed by atoms with Crippen LogP contribution in [-0.4, -0.2) is 203 Å². The van der Waals surface area contributed by atoms with Crippen LogP contribution in [0.25, 0.3) is 22.3 Å². The van der Waals surface area contributed by atoms with E-state index in [1.807, 2.05) is 0 Å². The summed E-state index contributed by atoms with van der Waals surface area (Å²) in [5.74, 6) is -1.88. The molecule has 4 saturated heterocycles. The molecule has 0 unspecified atom stereocenters. The normalized spacial score (nSPS) is 38.5. The van der Waals surface area contributed by atoms with Crippen molar-refractivity contribution in [2.24, 2.45) is 0 Å². The van der Waals surface area contributed by atoms with Crippen molar-refractivity contribution >= 4 is 11.0 Å². The molecule has 4 fully saturated rings. The first-order valence-electron chi connectivity index (χ1n) is 21.2. The molecule has 13 N–H and O–H groups in total. The monoisotopic (exact) mass is 940 g/mol. The highest BCUT2D eigenvalue weighted by Crippen LogP contribution is 2.42. The molecule has 0 saturated carbocycles. The van der Waals surface area contributed by atoms with E-state index < -0.39 is 159 Å². The molecule has 0 aliphatic carbocycles. The number of aliphatic hydroxyl groups is 12. The molecular weight excluding hydrogens is 884 g/mol. The molecule has 23 heteroatoms. The summed E-state index contributed by atoms with van der Waals surface area (Å²) in [5, 5.41) is 138. The highest BCUT2D eigenvalue weighted by Gasteiger charge is 2.53. The maximum Gasteiger partial charge on any atom is 0.239 e. The van der Waals surface area contributed by atoms with Crippen molar-refractivity contribution in [3.63, 3.8) is 0 Å². The van der Waals surface area contributed by atoms with Gasteiger partial charge in [-0.05, 0) is 27.2 Å². The number of phenols is 1. The molecule has 2 aromatic carbocycles. The van der Waals surface area contributed by atoms with Gasteiger partial charge < -0.3 is 109 Å². The molecular formula is C43H56O23. The first-order valence-corrected chi connectivity index (χ1v) is 21.2. The molecule has 19 atom stereocenters. The van der Waals surface area contributed by atoms with Gasteiger partial charge in [-0.2, -0.15) is 0 Å². The lowest BCUT2D eigenvalue weighted by Crippen LogP contribution is -2.65. The Balaban J connectivity index is 1.33. The summed E-state index contributed by atoms with van der Waals surface area (Å²) >= 11 is 0. The Bertz CT molecular complexity index is 2200. The molecule has 0 spiro atoms. The number of phenolic OH excluding ortho intramolecular Hbond substituents is 1. The second kappa shape index (κ2) is 20.7. The summed E-state index contributed by atoms with van der Waals surface area (Å²) in [7, 11) is 0. The largest absolute Gasteiger partial charge is 0.507 e. The van der Waals surface area contributed by atoms with Crippen LogP contribution in [0.4, 0.5) is 0 Å². The third kappa shape index (κ3) is 9.82. The fourth-order valence-corrected chi connectivity index (χ4v) is 8.02. The van der Waals surface area contributed by atoms with Gasteiger partial charge in [0.15, 0.2) is 30.5 Å². The molecule has 366 valence electrons. The fourth-order valence-electron chi connectivity index (χ4n) is 8.02. The smallest absolute Gasteiger partial charge is 0.239 e. The standard InChI is InChI=1S/C43H56O23/c1-15(2)9-10-18-21(60-43-39(32(55)28(51)23(13-45)62-43)66-41-34(57)30(53)27(50)22(12-44)61-41)11-19(46)24-29(52)37(35(63-36(18)24)17-7-5-4-6-8-17)64-42-38(31(54)25(48)16(3)59-42)65-40-33(56)26(49)20(47)14-58-40/h4-9,11,16,20,22-23,25-28,30-34,38-51,53-57H,10,12-14H2,1-3H3/t16-,20+,22+,23+,25-,26-,27+,28+,30-,31+,32-,33+,34+,38+,39+,40-,41-,42-,43+/m0/s1. The zero-order chi connectivity index (χ0) is 47.9. The average molecular weight is 941 g/mol. The Labute approximate surface area is 375 Å². The van der Waals surface area contributed by atoms with E-state index in [-0.39, 0.29) is 34.6 Å². The van der Waals surface area contributed by atoms with Crippen molar-refractivity contribution in [3.05, 3.63) is 63.8 Å². The maximum atomic E-state index is 14.9. The predicted molar refractivity (Wildman–Crippen MR) is 219 cm³/mol. The molecule has 5 heterocycles. The van der Waals surface area contributed by atoms with Crippen LogP contribution in [-0.2, 0) is 34.8 Å². The van der Waals surface area contributed by atoms with Crippen molar-refractivity contribution < 1.29 is 109 Å². The van der Waals surface area contributed by atoms with Crippen molar-refractivity contribution in [1.29, 1.82) is 0 Å². The maximum absolute atomic E-state index is 14.9. The molecule has 7 rings (SSSR count). The number of aliphatic hydroxyl groups excluding tert-OH is 12. The van der Waals surface area contributed by atoms with Gasteiger partial charge in [-0.3, -0.25) is 4.79 Å². The van der Waals surface area contributed by atoms with Gasteiger partial charge in [0, 0.05) is 17.2 Å². The van der Waals surface area contributed by atoms with Gasteiger partial charge in [-0.1, -0.05) is 42.0 Å². The number of ether oxygens (including phenoxy) is 8. The quantitative estimate of drug-likeness (QED) is 0.0735. The summed E-state index contributed by atoms with van der Waals surface area (Å²) in [4.78, 5) is 14.9. The molecule has 1 aromatic heterocycles. The molecule has 3 aromatic rings. The van der Waals surface area contributed by atoms with Crippen LogP contribution in [0.5, 0.6) is 17.2 Å². The summed E-state index contributed by atoms with van der Waals surface area (Å²) in [6.07, 6.45) is -31.0. The number of rotatable bonds is 13. The Morgan fingerprint density at radius 2 is 1.27 bits per heavy atom. The lowest BCUT2D eigenvalue weighted by atomic mass is 9.97. The minimum absolute atomic E-state index is 0.0705. The number of fused-ring (bicyclic) bond motifs is 1. The topological polar surface area (TPSA) is 367 Å². The van der Waals surface area contributed by atoms with E-state index >= 15 is 0 Å². The summed E-state index contributed by atoms with van der Waals surface area (Å²) in [5.41, 5.74) is -0.187. The molecule has 4 aliphatic heterocycles. The second-order valence-corrected chi connectivity index (χ2v) is 16.8. The predicted octanol–water partition coefficient (Wildman–Crippen LogP) is -3.65. The second-order valence-electron chi connectivity index (χ2n) is 16.8. The van der Waals surface area contributed by atoms with Gasteiger partial charge in [0.05, 0.1) is 25.9 Å². The van der Waals surface area contributed by atoms with Crippen LogP contribution in [0.2, 0.25) is 0 Å². The van der Waals surface area contributed by atoms with Crippen LogP contribution in [0, 0.1) is 0 Å². The minimum Gasteiger partial charge on any atom is -0.507 e. The average Bonchev–Trinajstić information content (AvgIpc) is 3.29. The first kappa shape index (κ1) is 50.0. The summed E-state index contributed by atoms with van der Waals surface area (Å²) in [6, 6.07) is 9.02. The van der Waals surface area contributed by atoms with E-state index in [2.05, 4.69) is 0 Å². The van der Waals surface area contributed by atoms with Crippen LogP contribution < -0.4 is 14.9 Å². The van der Waals surface area contributed by atoms with Crippen LogP contribution in [0.3, 0.4) is 0 Å². The Hall–Kier alpha value is -3.93. The number of benzene rings is 2. The Kier molecular flexibility index (Phi) is 15.7. The van der Waals surface area contributed by atoms with Crippen molar-refractivity contribution in [2.75, 3.05) is 19.8 Å². The van der Waals surface area contributed by atoms with Gasteiger partial charge in [0.2, 0.25) is 23.8 Å². The molecule has 23 nitrogen and oxygen atoms in total. The zero-order valence-electron chi connectivity index (χ0n) is 35.7. The van der Waals surface area contributed by atoms with Crippen molar-refractivity contribution in [3.8, 4) is 28.6 Å². The molecule has 66 heavy (non-hydrogen) atoms. The Morgan fingerprint density at radius 3 is 1.91 bits per heavy atom. The fraction of sp³-hybridized carbons (Fsp3) is 0.605. The van der Waals surface area contributed by atoms with E-state index in [9.17, 15) is 71.2 Å². The third-order valence-electron chi connectivity index (χ3n) is 11.9. The summed E-state index contributed by atoms with van der Waals surface area (Å²) in [6.45, 7) is 2.80. The molecule has 0 bridgehead atoms. The number of hydrogen-bond donors (Lipinski definition) is 13. The van der Waals surface area contributed by atoms with Gasteiger partial charge in [-0.25, -0.2) is 0 Å². The zero-order valence-corrected chi connectivity index (χ0v) is 35.7. The van der Waals surface area contributed by atoms with E-state index in [0.717, 1.165) is 11.6 Å². The van der Waals surface area contributed by atoms with E-state index in [4.69, 9.17) is 42.3 Å². The van der Waals surface area contributed by atoms with Gasteiger partial charge in [0.1, 0.15) is 95.7 Å². The lowest BCUT2D eigenvalue weighted by molar-refractivity contribution is -0.357. The highest BCUT2D eigenvalue weighted by atomic mass is 16.8. The summed E-state index contributed by atoms with van der Waals surface area (Å²) < 4.78 is 53.2. The van der Waals surface area contributed by atoms with Crippen LogP contribution >= 0.6 is 0 Å². The number of hydrogen-bond acceptors (Lipinski definition) is 23. The molecule has 0 amide bonds. The molecule has 4 aliphatic rings. The van der Waals surface area contributed by atoms with Crippen LogP contribution in [0.15, 0.2) is 57.3 Å². The minimum atomic E-state index is -1.96. The first-order chi connectivity index (χ1) is 31.4. The molecule has 0 radical (unpaired) electrons. The highest BCUT2D eigenvalue weighted by molar-refractivity contribution is 5.91. The van der Waals surface area contributed by atoms with E-state index in [1.165, 1.54) is 6.92 Å². The van der Waals surface area contributed by atoms with E-state index in [1.54, 1.807) is 50.3 Å².